The molecule has 1 atom stereocenters. The molecule has 1 fully saturated rings. The second kappa shape index (κ2) is 5.14. The third-order valence-corrected chi connectivity index (χ3v) is 3.12. The van der Waals surface area contributed by atoms with Crippen LogP contribution < -0.4 is 11.1 Å². The van der Waals surface area contributed by atoms with Crippen LogP contribution in [0.2, 0.25) is 0 Å². The van der Waals surface area contributed by atoms with E-state index in [1.54, 1.807) is 18.3 Å². The van der Waals surface area contributed by atoms with Crippen LogP contribution >= 0.6 is 0 Å². The molecule has 0 spiro atoms. The molecule has 1 unspecified atom stereocenters. The molecule has 1 aromatic rings. The molecule has 0 aliphatic carbocycles. The summed E-state index contributed by atoms with van der Waals surface area (Å²) in [7, 11) is 2.12. The maximum atomic E-state index is 11.2. The van der Waals surface area contributed by atoms with Gasteiger partial charge in [-0.25, -0.2) is 4.98 Å². The van der Waals surface area contributed by atoms with Crippen molar-refractivity contribution in [1.29, 1.82) is 0 Å². The molecule has 5 heteroatoms. The lowest BCUT2D eigenvalue weighted by Gasteiger charge is -2.13. The zero-order valence-corrected chi connectivity index (χ0v) is 10.0. The minimum atomic E-state index is -0.441. The quantitative estimate of drug-likeness (QED) is 0.798. The van der Waals surface area contributed by atoms with Gasteiger partial charge in [-0.2, -0.15) is 0 Å². The van der Waals surface area contributed by atoms with Crippen molar-refractivity contribution in [2.24, 2.45) is 11.7 Å². The van der Waals surface area contributed by atoms with Gasteiger partial charge in [0.2, 0.25) is 0 Å². The second-order valence-corrected chi connectivity index (χ2v) is 4.56. The Labute approximate surface area is 101 Å². The van der Waals surface area contributed by atoms with Crippen LogP contribution in [0.1, 0.15) is 16.8 Å². The minimum absolute atomic E-state index is 0.441. The van der Waals surface area contributed by atoms with Crippen LogP contribution in [-0.2, 0) is 0 Å². The smallest absolute Gasteiger partial charge is 0.252 e. The van der Waals surface area contributed by atoms with E-state index >= 15 is 0 Å². The lowest BCUT2D eigenvalue weighted by molar-refractivity contribution is 0.100. The second-order valence-electron chi connectivity index (χ2n) is 4.56. The highest BCUT2D eigenvalue weighted by atomic mass is 16.1. The summed E-state index contributed by atoms with van der Waals surface area (Å²) in [6.45, 7) is 3.06. The molecule has 1 aromatic heterocycles. The number of carbonyl (C=O) groups excluding carboxylic acids is 1. The fourth-order valence-electron chi connectivity index (χ4n) is 2.18. The molecule has 17 heavy (non-hydrogen) atoms. The Hall–Kier alpha value is -1.62. The van der Waals surface area contributed by atoms with Crippen LogP contribution in [0.15, 0.2) is 18.3 Å². The molecule has 5 nitrogen and oxygen atoms in total. The highest BCUT2D eigenvalue weighted by Gasteiger charge is 2.19. The average molecular weight is 234 g/mol. The Kier molecular flexibility index (Phi) is 3.58. The lowest BCUT2D eigenvalue weighted by Crippen LogP contribution is -2.21. The summed E-state index contributed by atoms with van der Waals surface area (Å²) in [4.78, 5) is 17.7. The maximum Gasteiger partial charge on any atom is 0.252 e. The molecule has 0 saturated carbocycles. The summed E-state index contributed by atoms with van der Waals surface area (Å²) >= 11 is 0. The average Bonchev–Trinajstić information content (AvgIpc) is 2.73. The van der Waals surface area contributed by atoms with Gasteiger partial charge in [-0.1, -0.05) is 0 Å². The maximum absolute atomic E-state index is 11.2. The van der Waals surface area contributed by atoms with E-state index in [1.165, 1.54) is 6.42 Å². The summed E-state index contributed by atoms with van der Waals surface area (Å²) in [5.41, 5.74) is 5.75. The first kappa shape index (κ1) is 11.9. The fraction of sp³-hybridized carbons (Fsp3) is 0.500. The predicted octanol–water partition coefficient (Wildman–Crippen LogP) is 0.544. The molecule has 2 rings (SSSR count). The van der Waals surface area contributed by atoms with Crippen LogP contribution in [0.3, 0.4) is 0 Å². The molecule has 92 valence electrons. The van der Waals surface area contributed by atoms with E-state index in [9.17, 15) is 4.79 Å². The Balaban J connectivity index is 1.97. The predicted molar refractivity (Wildman–Crippen MR) is 66.8 cm³/mol. The molecule has 0 aromatic carbocycles. The van der Waals surface area contributed by atoms with Gasteiger partial charge < -0.3 is 16.0 Å². The largest absolute Gasteiger partial charge is 0.369 e. The Morgan fingerprint density at radius 2 is 2.53 bits per heavy atom. The summed E-state index contributed by atoms with van der Waals surface area (Å²) in [6.07, 6.45) is 2.85. The van der Waals surface area contributed by atoms with Gasteiger partial charge in [0.15, 0.2) is 0 Å². The van der Waals surface area contributed by atoms with Crippen LogP contribution in [0.4, 0.5) is 5.82 Å². The number of rotatable bonds is 4. The summed E-state index contributed by atoms with van der Waals surface area (Å²) in [6, 6.07) is 3.41. The van der Waals surface area contributed by atoms with Crippen molar-refractivity contribution in [3.63, 3.8) is 0 Å². The molecule has 1 aliphatic rings. The lowest BCUT2D eigenvalue weighted by atomic mass is 10.1. The molecule has 3 N–H and O–H groups in total. The minimum Gasteiger partial charge on any atom is -0.369 e. The summed E-state index contributed by atoms with van der Waals surface area (Å²) in [5.74, 6) is 0.765. The van der Waals surface area contributed by atoms with Crippen molar-refractivity contribution in [2.75, 3.05) is 32.0 Å². The number of carbonyl (C=O) groups is 1. The first-order chi connectivity index (χ1) is 8.16. The van der Waals surface area contributed by atoms with E-state index in [1.807, 2.05) is 0 Å². The number of amides is 1. The van der Waals surface area contributed by atoms with Gasteiger partial charge in [-0.3, -0.25) is 4.79 Å². The van der Waals surface area contributed by atoms with Crippen molar-refractivity contribution in [3.05, 3.63) is 23.9 Å². The number of anilines is 1. The monoisotopic (exact) mass is 234 g/mol. The zero-order chi connectivity index (χ0) is 12.3. The normalized spacial score (nSPS) is 20.4. The third-order valence-electron chi connectivity index (χ3n) is 3.12. The van der Waals surface area contributed by atoms with Crippen molar-refractivity contribution in [2.45, 2.75) is 6.42 Å². The van der Waals surface area contributed by atoms with Crippen LogP contribution in [-0.4, -0.2) is 42.5 Å². The van der Waals surface area contributed by atoms with Gasteiger partial charge in [-0.05, 0) is 38.1 Å². The number of nitrogens with two attached hydrogens (primary N) is 1. The van der Waals surface area contributed by atoms with Crippen molar-refractivity contribution >= 4 is 11.7 Å². The molecule has 0 bridgehead atoms. The van der Waals surface area contributed by atoms with E-state index in [0.29, 0.717) is 17.3 Å². The Morgan fingerprint density at radius 1 is 1.71 bits per heavy atom. The SMILES string of the molecule is CN1CCC(CNc2ncccc2C(N)=O)C1. The molecular formula is C12H18N4O. The Bertz CT molecular complexity index is 407. The van der Waals surface area contributed by atoms with Crippen molar-refractivity contribution < 1.29 is 4.79 Å². The van der Waals surface area contributed by atoms with E-state index in [-0.39, 0.29) is 0 Å². The molecular weight excluding hydrogens is 216 g/mol. The van der Waals surface area contributed by atoms with Crippen LogP contribution in [0.25, 0.3) is 0 Å². The standard InChI is InChI=1S/C12H18N4O/c1-16-6-4-9(8-16)7-15-12-10(11(13)17)3-2-5-14-12/h2-3,5,9H,4,6-8H2,1H3,(H2,13,17)(H,14,15). The van der Waals surface area contributed by atoms with Crippen molar-refractivity contribution in [1.82, 2.24) is 9.88 Å². The summed E-state index contributed by atoms with van der Waals surface area (Å²) in [5, 5.41) is 3.22. The topological polar surface area (TPSA) is 71.2 Å². The first-order valence-electron chi connectivity index (χ1n) is 5.84. The van der Waals surface area contributed by atoms with Gasteiger partial charge in [0.05, 0.1) is 5.56 Å². The first-order valence-corrected chi connectivity index (χ1v) is 5.84. The number of nitrogens with one attached hydrogen (secondary N) is 1. The number of hydrogen-bond donors (Lipinski definition) is 2. The van der Waals surface area contributed by atoms with Gasteiger partial charge in [-0.15, -0.1) is 0 Å². The number of primary amides is 1. The Morgan fingerprint density at radius 3 is 3.18 bits per heavy atom. The van der Waals surface area contributed by atoms with Gasteiger partial charge in [0, 0.05) is 19.3 Å². The van der Waals surface area contributed by atoms with Crippen molar-refractivity contribution in [3.8, 4) is 0 Å². The molecule has 1 amide bonds. The number of hydrogen-bond acceptors (Lipinski definition) is 4. The van der Waals surface area contributed by atoms with E-state index < -0.39 is 5.91 Å². The zero-order valence-electron chi connectivity index (χ0n) is 10.0. The van der Waals surface area contributed by atoms with E-state index in [2.05, 4.69) is 22.2 Å². The molecule has 2 heterocycles. The van der Waals surface area contributed by atoms with Crippen LogP contribution in [0, 0.1) is 5.92 Å². The molecule has 1 aliphatic heterocycles. The number of likely N-dealkylation sites (tertiary alicyclic amines) is 1. The van der Waals surface area contributed by atoms with Gasteiger partial charge in [0.1, 0.15) is 5.82 Å². The highest BCUT2D eigenvalue weighted by Crippen LogP contribution is 2.16. The number of nitrogens with zero attached hydrogens (tertiary/aromatic N) is 2. The molecule has 1 saturated heterocycles. The van der Waals surface area contributed by atoms with E-state index in [0.717, 1.165) is 19.6 Å². The number of aromatic nitrogens is 1. The van der Waals surface area contributed by atoms with Crippen LogP contribution in [0.5, 0.6) is 0 Å². The summed E-state index contributed by atoms with van der Waals surface area (Å²) < 4.78 is 0. The van der Waals surface area contributed by atoms with Gasteiger partial charge in [0.25, 0.3) is 5.91 Å². The number of pyridine rings is 1. The molecule has 0 radical (unpaired) electrons. The van der Waals surface area contributed by atoms with E-state index in [4.69, 9.17) is 5.73 Å². The van der Waals surface area contributed by atoms with Gasteiger partial charge >= 0.3 is 0 Å². The fourth-order valence-corrected chi connectivity index (χ4v) is 2.18. The third kappa shape index (κ3) is 2.94. The highest BCUT2D eigenvalue weighted by molar-refractivity contribution is 5.97.